The number of nitrogens with zero attached hydrogens (tertiary/aromatic N) is 2. The van der Waals surface area contributed by atoms with Crippen LogP contribution >= 0.6 is 0 Å². The number of hydrogen-bond donors (Lipinski definition) is 0. The molecule has 0 aromatic heterocycles. The summed E-state index contributed by atoms with van der Waals surface area (Å²) in [6, 6.07) is 0. The van der Waals surface area contributed by atoms with Crippen LogP contribution in [0.1, 0.15) is 45.4 Å². The minimum absolute atomic E-state index is 0.710. The van der Waals surface area contributed by atoms with Gasteiger partial charge in [-0.1, -0.05) is 12.5 Å². The second-order valence-electron chi connectivity index (χ2n) is 5.94. The van der Waals surface area contributed by atoms with E-state index in [1.807, 2.05) is 0 Å². The van der Waals surface area contributed by atoms with Gasteiger partial charge in [0.1, 0.15) is 0 Å². The molecule has 2 heteroatoms. The molecule has 2 nitrogen and oxygen atoms in total. The predicted molar refractivity (Wildman–Crippen MR) is 75.5 cm³/mol. The molecule has 0 N–H and O–H groups in total. The Balaban J connectivity index is 1.81. The molecule has 0 radical (unpaired) electrons. The summed E-state index contributed by atoms with van der Waals surface area (Å²) in [6.07, 6.45) is 7.33. The molecule has 0 spiro atoms. The van der Waals surface area contributed by atoms with Gasteiger partial charge in [0.15, 0.2) is 0 Å². The highest BCUT2D eigenvalue weighted by Crippen LogP contribution is 2.45. The van der Waals surface area contributed by atoms with Gasteiger partial charge in [0, 0.05) is 30.3 Å². The third-order valence-corrected chi connectivity index (χ3v) is 4.96. The molecule has 4 rings (SSSR count). The lowest BCUT2D eigenvalue weighted by Gasteiger charge is -2.35. The minimum Gasteiger partial charge on any atom is -0.293 e. The van der Waals surface area contributed by atoms with E-state index in [-0.39, 0.29) is 0 Å². The van der Waals surface area contributed by atoms with Crippen LogP contribution in [0.4, 0.5) is 0 Å². The maximum Gasteiger partial charge on any atom is 0.0612 e. The van der Waals surface area contributed by atoms with Crippen LogP contribution in [0.5, 0.6) is 0 Å². The second-order valence-corrected chi connectivity index (χ2v) is 5.94. The van der Waals surface area contributed by atoms with Crippen molar-refractivity contribution in [2.45, 2.75) is 45.4 Å². The van der Waals surface area contributed by atoms with Crippen LogP contribution in [0, 0.1) is 5.92 Å². The van der Waals surface area contributed by atoms with E-state index in [4.69, 9.17) is 9.98 Å². The Hall–Kier alpha value is -1.18. The first kappa shape index (κ1) is 10.7. The molecule has 18 heavy (non-hydrogen) atoms. The minimum atomic E-state index is 0.710. The molecule has 0 bridgehead atoms. The number of rotatable bonds is 1. The number of allylic oxidation sites excluding steroid dienone is 2. The number of hydrogen-bond acceptors (Lipinski definition) is 2. The molecule has 2 aliphatic carbocycles. The standard InChI is InChI=1S/C16H20N2/c1-2-12-7-14-10(8-17-12)6-11-9-18-15-5-3-4-13(14)16(11)15/h10H,2-9H2,1H3. The van der Waals surface area contributed by atoms with Crippen molar-refractivity contribution in [3.8, 4) is 0 Å². The zero-order chi connectivity index (χ0) is 12.1. The molecule has 0 aromatic rings. The molecule has 1 fully saturated rings. The Morgan fingerprint density at radius 2 is 2.17 bits per heavy atom. The lowest BCUT2D eigenvalue weighted by atomic mass is 9.71. The van der Waals surface area contributed by atoms with Crippen LogP contribution in [0.25, 0.3) is 0 Å². The zero-order valence-electron chi connectivity index (χ0n) is 11.1. The molecule has 0 saturated heterocycles. The Bertz CT molecular complexity index is 531. The summed E-state index contributed by atoms with van der Waals surface area (Å²) in [6.45, 7) is 4.26. The molecule has 2 aliphatic heterocycles. The van der Waals surface area contributed by atoms with Gasteiger partial charge < -0.3 is 0 Å². The van der Waals surface area contributed by atoms with Crippen molar-refractivity contribution in [1.82, 2.24) is 0 Å². The van der Waals surface area contributed by atoms with Gasteiger partial charge in [0.2, 0.25) is 0 Å². The summed E-state index contributed by atoms with van der Waals surface area (Å²) in [5.41, 5.74) is 9.49. The molecule has 1 saturated carbocycles. The van der Waals surface area contributed by atoms with E-state index in [9.17, 15) is 0 Å². The van der Waals surface area contributed by atoms with Crippen LogP contribution in [-0.4, -0.2) is 24.5 Å². The van der Waals surface area contributed by atoms with Gasteiger partial charge in [-0.05, 0) is 48.8 Å². The lowest BCUT2D eigenvalue weighted by molar-refractivity contribution is 0.565. The summed E-state index contributed by atoms with van der Waals surface area (Å²) in [5, 5.41) is 0. The van der Waals surface area contributed by atoms with Crippen LogP contribution in [-0.2, 0) is 0 Å². The van der Waals surface area contributed by atoms with Gasteiger partial charge in [0.05, 0.1) is 6.54 Å². The van der Waals surface area contributed by atoms with Gasteiger partial charge >= 0.3 is 0 Å². The lowest BCUT2D eigenvalue weighted by Crippen LogP contribution is -2.27. The first-order valence-electron chi connectivity index (χ1n) is 7.37. The van der Waals surface area contributed by atoms with Crippen LogP contribution in [0.15, 0.2) is 32.3 Å². The van der Waals surface area contributed by atoms with Crippen molar-refractivity contribution in [1.29, 1.82) is 0 Å². The van der Waals surface area contributed by atoms with Crippen molar-refractivity contribution in [2.24, 2.45) is 15.9 Å². The van der Waals surface area contributed by atoms with E-state index < -0.39 is 0 Å². The first-order valence-corrected chi connectivity index (χ1v) is 7.37. The summed E-state index contributed by atoms with van der Waals surface area (Å²) < 4.78 is 0. The Labute approximate surface area is 109 Å². The fraction of sp³-hybridized carbons (Fsp3) is 0.625. The fourth-order valence-corrected chi connectivity index (χ4v) is 4.03. The molecule has 0 amide bonds. The fourth-order valence-electron chi connectivity index (χ4n) is 4.03. The largest absolute Gasteiger partial charge is 0.293 e. The molecule has 4 aliphatic rings. The van der Waals surface area contributed by atoms with Crippen LogP contribution in [0.2, 0.25) is 0 Å². The monoisotopic (exact) mass is 240 g/mol. The van der Waals surface area contributed by atoms with E-state index in [1.165, 1.54) is 37.1 Å². The topological polar surface area (TPSA) is 24.7 Å². The molecule has 1 unspecified atom stereocenters. The molecular formula is C16H20N2. The molecule has 94 valence electrons. The molecule has 2 heterocycles. The average Bonchev–Trinajstić information content (AvgIpc) is 2.83. The zero-order valence-corrected chi connectivity index (χ0v) is 11.1. The molecular weight excluding hydrogens is 220 g/mol. The van der Waals surface area contributed by atoms with Crippen molar-refractivity contribution in [3.63, 3.8) is 0 Å². The third-order valence-electron chi connectivity index (χ3n) is 4.96. The van der Waals surface area contributed by atoms with Crippen LogP contribution < -0.4 is 0 Å². The van der Waals surface area contributed by atoms with E-state index in [2.05, 4.69) is 6.92 Å². The third kappa shape index (κ3) is 1.41. The molecule has 0 aromatic carbocycles. The van der Waals surface area contributed by atoms with E-state index in [1.54, 1.807) is 22.3 Å². The van der Waals surface area contributed by atoms with Crippen molar-refractivity contribution >= 4 is 11.4 Å². The van der Waals surface area contributed by atoms with Crippen molar-refractivity contribution in [2.75, 3.05) is 13.1 Å². The maximum atomic E-state index is 4.77. The summed E-state index contributed by atoms with van der Waals surface area (Å²) >= 11 is 0. The average molecular weight is 240 g/mol. The number of fused-ring (bicyclic) bond motifs is 1. The molecule has 1 atom stereocenters. The quantitative estimate of drug-likeness (QED) is 0.670. The Morgan fingerprint density at radius 1 is 1.22 bits per heavy atom. The van der Waals surface area contributed by atoms with E-state index in [0.29, 0.717) is 5.92 Å². The highest BCUT2D eigenvalue weighted by Gasteiger charge is 2.36. The predicted octanol–water partition coefficient (Wildman–Crippen LogP) is 3.49. The maximum absolute atomic E-state index is 4.77. The Kier molecular flexibility index (Phi) is 2.33. The van der Waals surface area contributed by atoms with Gasteiger partial charge in [0.25, 0.3) is 0 Å². The van der Waals surface area contributed by atoms with Crippen molar-refractivity contribution in [3.05, 3.63) is 22.3 Å². The van der Waals surface area contributed by atoms with Crippen molar-refractivity contribution < 1.29 is 0 Å². The van der Waals surface area contributed by atoms with Gasteiger partial charge in [-0.3, -0.25) is 9.98 Å². The summed E-state index contributed by atoms with van der Waals surface area (Å²) in [5.74, 6) is 0.710. The van der Waals surface area contributed by atoms with Gasteiger partial charge in [-0.25, -0.2) is 0 Å². The number of aliphatic imine (C=N–C) groups is 2. The highest BCUT2D eigenvalue weighted by molar-refractivity contribution is 6.08. The first-order chi connectivity index (χ1) is 8.86. The normalized spacial score (nSPS) is 29.9. The summed E-state index contributed by atoms with van der Waals surface area (Å²) in [4.78, 5) is 9.54. The Morgan fingerprint density at radius 3 is 3.06 bits per heavy atom. The van der Waals surface area contributed by atoms with Crippen LogP contribution in [0.3, 0.4) is 0 Å². The van der Waals surface area contributed by atoms with Gasteiger partial charge in [-0.15, -0.1) is 0 Å². The second kappa shape index (κ2) is 3.91. The smallest absolute Gasteiger partial charge is 0.0612 e. The summed E-state index contributed by atoms with van der Waals surface area (Å²) in [7, 11) is 0. The highest BCUT2D eigenvalue weighted by atomic mass is 14.8. The SMILES string of the molecule is CCC1=NCC2CC3=C4C(=NC3)CCCC4=C2C1. The van der Waals surface area contributed by atoms with Gasteiger partial charge in [-0.2, -0.15) is 0 Å². The van der Waals surface area contributed by atoms with E-state index >= 15 is 0 Å². The van der Waals surface area contributed by atoms with E-state index in [0.717, 1.165) is 25.9 Å².